The zero-order chi connectivity index (χ0) is 9.84. The Kier molecular flexibility index (Phi) is 3.45. The Balaban J connectivity index is 2.43. The van der Waals surface area contributed by atoms with E-state index in [2.05, 4.69) is 6.58 Å². The molecule has 1 fully saturated rings. The summed E-state index contributed by atoms with van der Waals surface area (Å²) in [4.78, 5) is 13.1. The molecule has 0 spiro atoms. The van der Waals surface area contributed by atoms with Crippen molar-refractivity contribution in [1.82, 2.24) is 4.90 Å². The molecule has 13 heavy (non-hydrogen) atoms. The van der Waals surface area contributed by atoms with Crippen LogP contribution in [0.25, 0.3) is 0 Å². The Bertz CT molecular complexity index is 206. The van der Waals surface area contributed by atoms with Gasteiger partial charge in [-0.1, -0.05) is 6.08 Å². The van der Waals surface area contributed by atoms with Gasteiger partial charge in [-0.3, -0.25) is 4.79 Å². The van der Waals surface area contributed by atoms with E-state index in [1.54, 1.807) is 11.0 Å². The van der Waals surface area contributed by atoms with Gasteiger partial charge in [0.2, 0.25) is 5.91 Å². The van der Waals surface area contributed by atoms with E-state index in [0.29, 0.717) is 25.9 Å². The summed E-state index contributed by atoms with van der Waals surface area (Å²) >= 11 is 0. The third kappa shape index (κ3) is 2.54. The summed E-state index contributed by atoms with van der Waals surface area (Å²) in [6.45, 7) is 4.56. The Morgan fingerprint density at radius 1 is 1.85 bits per heavy atom. The zero-order valence-corrected chi connectivity index (χ0v) is 7.65. The fourth-order valence-electron chi connectivity index (χ4n) is 1.46. The van der Waals surface area contributed by atoms with E-state index in [1.165, 1.54) is 0 Å². The minimum Gasteiger partial charge on any atom is -0.391 e. The highest BCUT2D eigenvalue weighted by molar-refractivity contribution is 5.82. The van der Waals surface area contributed by atoms with Crippen molar-refractivity contribution in [2.24, 2.45) is 5.73 Å². The Labute approximate surface area is 78.0 Å². The molecule has 0 aromatic rings. The lowest BCUT2D eigenvalue weighted by Gasteiger charge is -2.19. The van der Waals surface area contributed by atoms with Crippen LogP contribution in [0.1, 0.15) is 12.8 Å². The number of amides is 1. The van der Waals surface area contributed by atoms with Gasteiger partial charge in [0.1, 0.15) is 0 Å². The van der Waals surface area contributed by atoms with Crippen LogP contribution < -0.4 is 5.73 Å². The van der Waals surface area contributed by atoms with Gasteiger partial charge in [0.15, 0.2) is 0 Å². The van der Waals surface area contributed by atoms with Crippen LogP contribution in [0.2, 0.25) is 0 Å². The molecule has 0 aliphatic carbocycles. The van der Waals surface area contributed by atoms with E-state index in [1.807, 2.05) is 0 Å². The molecule has 2 unspecified atom stereocenters. The second kappa shape index (κ2) is 4.39. The standard InChI is InChI=1S/C9H16N2O2/c1-2-3-8(10)9(13)11-5-4-7(12)6-11/h2,7-8,12H,1,3-6,10H2. The molecule has 1 heterocycles. The lowest BCUT2D eigenvalue weighted by Crippen LogP contribution is -2.42. The maximum absolute atomic E-state index is 11.5. The van der Waals surface area contributed by atoms with Gasteiger partial charge >= 0.3 is 0 Å². The first kappa shape index (κ1) is 10.2. The third-order valence-electron chi connectivity index (χ3n) is 2.21. The number of aliphatic hydroxyl groups excluding tert-OH is 1. The Hall–Kier alpha value is -0.870. The molecule has 74 valence electrons. The number of nitrogens with zero attached hydrogens (tertiary/aromatic N) is 1. The number of nitrogens with two attached hydrogens (primary N) is 1. The van der Waals surface area contributed by atoms with E-state index in [9.17, 15) is 9.90 Å². The SMILES string of the molecule is C=CCC(N)C(=O)N1CCC(O)C1. The molecule has 1 aliphatic heterocycles. The average molecular weight is 184 g/mol. The molecule has 4 nitrogen and oxygen atoms in total. The molecular weight excluding hydrogens is 168 g/mol. The van der Waals surface area contributed by atoms with Crippen LogP contribution in [0.3, 0.4) is 0 Å². The highest BCUT2D eigenvalue weighted by Crippen LogP contribution is 2.10. The molecular formula is C9H16N2O2. The average Bonchev–Trinajstić information content (AvgIpc) is 2.51. The van der Waals surface area contributed by atoms with E-state index in [4.69, 9.17) is 5.73 Å². The zero-order valence-electron chi connectivity index (χ0n) is 7.65. The van der Waals surface area contributed by atoms with Crippen LogP contribution in [-0.2, 0) is 4.79 Å². The second-order valence-electron chi connectivity index (χ2n) is 3.36. The fraction of sp³-hybridized carbons (Fsp3) is 0.667. The topological polar surface area (TPSA) is 66.6 Å². The van der Waals surface area contributed by atoms with Crippen LogP contribution in [-0.4, -0.2) is 41.1 Å². The van der Waals surface area contributed by atoms with E-state index in [-0.39, 0.29) is 12.0 Å². The molecule has 0 bridgehead atoms. The minimum atomic E-state index is -0.497. The maximum Gasteiger partial charge on any atom is 0.239 e. The summed E-state index contributed by atoms with van der Waals surface area (Å²) in [7, 11) is 0. The van der Waals surface area contributed by atoms with Crippen LogP contribution in [0.15, 0.2) is 12.7 Å². The van der Waals surface area contributed by atoms with E-state index in [0.717, 1.165) is 0 Å². The molecule has 2 atom stereocenters. The van der Waals surface area contributed by atoms with Gasteiger partial charge in [-0.05, 0) is 12.8 Å². The van der Waals surface area contributed by atoms with Gasteiger partial charge in [-0.25, -0.2) is 0 Å². The molecule has 0 aromatic heterocycles. The lowest BCUT2D eigenvalue weighted by atomic mass is 10.2. The van der Waals surface area contributed by atoms with Crippen molar-refractivity contribution in [3.05, 3.63) is 12.7 Å². The van der Waals surface area contributed by atoms with Crippen LogP contribution in [0.4, 0.5) is 0 Å². The highest BCUT2D eigenvalue weighted by Gasteiger charge is 2.27. The normalized spacial score (nSPS) is 24.5. The summed E-state index contributed by atoms with van der Waals surface area (Å²) in [5, 5.41) is 9.21. The quantitative estimate of drug-likeness (QED) is 0.580. The number of rotatable bonds is 3. The minimum absolute atomic E-state index is 0.0866. The second-order valence-corrected chi connectivity index (χ2v) is 3.36. The van der Waals surface area contributed by atoms with Gasteiger partial charge < -0.3 is 15.7 Å². The number of aliphatic hydroxyl groups is 1. The first-order valence-corrected chi connectivity index (χ1v) is 4.48. The van der Waals surface area contributed by atoms with Gasteiger partial charge in [0.25, 0.3) is 0 Å². The lowest BCUT2D eigenvalue weighted by molar-refractivity contribution is -0.131. The number of carbonyl (C=O) groups is 1. The smallest absolute Gasteiger partial charge is 0.239 e. The van der Waals surface area contributed by atoms with Crippen molar-refractivity contribution < 1.29 is 9.90 Å². The van der Waals surface area contributed by atoms with Crippen molar-refractivity contribution in [3.8, 4) is 0 Å². The largest absolute Gasteiger partial charge is 0.391 e. The summed E-state index contributed by atoms with van der Waals surface area (Å²) in [5.74, 6) is -0.0866. The predicted molar refractivity (Wildman–Crippen MR) is 50.0 cm³/mol. The van der Waals surface area contributed by atoms with Gasteiger partial charge in [-0.15, -0.1) is 6.58 Å². The molecule has 3 N–H and O–H groups in total. The van der Waals surface area contributed by atoms with Gasteiger partial charge in [0, 0.05) is 13.1 Å². The van der Waals surface area contributed by atoms with Gasteiger partial charge in [-0.2, -0.15) is 0 Å². The molecule has 0 radical (unpaired) electrons. The number of carbonyl (C=O) groups excluding carboxylic acids is 1. The molecule has 1 rings (SSSR count). The first-order valence-electron chi connectivity index (χ1n) is 4.48. The highest BCUT2D eigenvalue weighted by atomic mass is 16.3. The number of β-amino-alcohol motifs (C(OH)–C–C–N with tert-alkyl or cyclic N) is 1. The van der Waals surface area contributed by atoms with E-state index >= 15 is 0 Å². The molecule has 4 heteroatoms. The molecule has 1 saturated heterocycles. The maximum atomic E-state index is 11.5. The summed E-state index contributed by atoms with van der Waals surface area (Å²) < 4.78 is 0. The predicted octanol–water partition coefficient (Wildman–Crippen LogP) is -0.517. The summed E-state index contributed by atoms with van der Waals surface area (Å²) in [6, 6.07) is -0.497. The van der Waals surface area contributed by atoms with Crippen molar-refractivity contribution in [3.63, 3.8) is 0 Å². The van der Waals surface area contributed by atoms with Crippen molar-refractivity contribution in [2.75, 3.05) is 13.1 Å². The number of hydrogen-bond donors (Lipinski definition) is 2. The molecule has 1 aliphatic rings. The molecule has 0 saturated carbocycles. The summed E-state index contributed by atoms with van der Waals surface area (Å²) in [6.07, 6.45) is 2.41. The van der Waals surface area contributed by atoms with Crippen LogP contribution >= 0.6 is 0 Å². The van der Waals surface area contributed by atoms with E-state index < -0.39 is 6.04 Å². The monoisotopic (exact) mass is 184 g/mol. The third-order valence-corrected chi connectivity index (χ3v) is 2.21. The summed E-state index contributed by atoms with van der Waals surface area (Å²) in [5.41, 5.74) is 5.61. The number of likely N-dealkylation sites (tertiary alicyclic amines) is 1. The number of hydrogen-bond acceptors (Lipinski definition) is 3. The van der Waals surface area contributed by atoms with Crippen LogP contribution in [0, 0.1) is 0 Å². The van der Waals surface area contributed by atoms with Crippen molar-refractivity contribution in [2.45, 2.75) is 25.0 Å². The Morgan fingerprint density at radius 2 is 2.54 bits per heavy atom. The van der Waals surface area contributed by atoms with Crippen molar-refractivity contribution in [1.29, 1.82) is 0 Å². The van der Waals surface area contributed by atoms with Gasteiger partial charge in [0.05, 0.1) is 12.1 Å². The molecule has 0 aromatic carbocycles. The Morgan fingerprint density at radius 3 is 3.00 bits per heavy atom. The molecule has 1 amide bonds. The van der Waals surface area contributed by atoms with Crippen molar-refractivity contribution >= 4 is 5.91 Å². The fourth-order valence-corrected chi connectivity index (χ4v) is 1.46. The first-order chi connectivity index (χ1) is 6.15. The van der Waals surface area contributed by atoms with Crippen LogP contribution in [0.5, 0.6) is 0 Å².